The Labute approximate surface area is 267 Å². The molecule has 266 valence electrons. The van der Waals surface area contributed by atoms with Crippen LogP contribution in [0.1, 0.15) is 38.5 Å². The van der Waals surface area contributed by atoms with E-state index in [1.807, 2.05) is 0 Å². The molecule has 1 unspecified atom stereocenters. The molecule has 5 rings (SSSR count). The van der Waals surface area contributed by atoms with Crippen molar-refractivity contribution in [3.63, 3.8) is 0 Å². The molecule has 2 heterocycles. The van der Waals surface area contributed by atoms with Crippen molar-refractivity contribution in [3.8, 4) is 0 Å². The van der Waals surface area contributed by atoms with Crippen LogP contribution in [0.3, 0.4) is 0 Å². The lowest BCUT2D eigenvalue weighted by Crippen LogP contribution is -2.70. The molecule has 3 saturated carbocycles. The van der Waals surface area contributed by atoms with Gasteiger partial charge in [-0.3, -0.25) is 4.79 Å². The highest BCUT2D eigenvalue weighted by atomic mass is 16.7. The number of amides is 1. The minimum atomic E-state index is -1.71. The molecule has 14 atom stereocenters. The number of aliphatic hydroxyl groups excluding tert-OH is 5. The molecule has 5 aliphatic rings. The van der Waals surface area contributed by atoms with Crippen molar-refractivity contribution in [1.29, 1.82) is 0 Å². The van der Waals surface area contributed by atoms with Crippen LogP contribution in [0.25, 0.3) is 0 Å². The first-order valence-corrected chi connectivity index (χ1v) is 16.2. The average Bonchev–Trinajstić information content (AvgIpc) is 2.98. The molecule has 3 aliphatic carbocycles. The Balaban J connectivity index is 1.35. The summed E-state index contributed by atoms with van der Waals surface area (Å²) in [5.41, 5.74) is 28.4. The predicted octanol–water partition coefficient (Wildman–Crippen LogP) is -6.92. The van der Waals surface area contributed by atoms with E-state index in [0.29, 0.717) is 12.5 Å². The molecule has 2 saturated heterocycles. The molecule has 5 fully saturated rings. The maximum Gasteiger partial charge on any atom is 0.252 e. The van der Waals surface area contributed by atoms with Gasteiger partial charge in [-0.2, -0.15) is 0 Å². The van der Waals surface area contributed by atoms with Gasteiger partial charge in [-0.1, -0.05) is 0 Å². The van der Waals surface area contributed by atoms with Gasteiger partial charge in [0.15, 0.2) is 12.6 Å². The van der Waals surface area contributed by atoms with Crippen molar-refractivity contribution in [1.82, 2.24) is 10.6 Å². The molecule has 0 spiro atoms. The van der Waals surface area contributed by atoms with E-state index < -0.39 is 104 Å². The monoisotopic (exact) mass is 663 g/mol. The van der Waals surface area contributed by atoms with E-state index in [0.717, 1.165) is 12.8 Å². The Morgan fingerprint density at radius 3 is 2.09 bits per heavy atom. The number of rotatable bonds is 11. The Bertz CT molecular complexity index is 1020. The number of hydrogen-bond donors (Lipinski definition) is 13. The third-order valence-electron chi connectivity index (χ3n) is 10.2. The van der Waals surface area contributed by atoms with Gasteiger partial charge in [-0.25, -0.2) is 0 Å². The fourth-order valence-corrected chi connectivity index (χ4v) is 7.24. The number of carbonyl (C=O) groups excluding carboxylic acids is 1. The summed E-state index contributed by atoms with van der Waals surface area (Å²) in [6.45, 7) is 0.00134. The Morgan fingerprint density at radius 1 is 0.826 bits per heavy atom. The Morgan fingerprint density at radius 2 is 1.48 bits per heavy atom. The molecule has 0 radical (unpaired) electrons. The summed E-state index contributed by atoms with van der Waals surface area (Å²) < 4.78 is 24.0. The molecular weight excluding hydrogens is 610 g/mol. The van der Waals surface area contributed by atoms with Crippen molar-refractivity contribution in [2.24, 2.45) is 34.6 Å². The number of carbonyl (C=O) groups is 1. The second-order valence-corrected chi connectivity index (χ2v) is 13.8. The minimum absolute atomic E-state index is 0.00505. The highest BCUT2D eigenvalue weighted by Gasteiger charge is 2.54. The van der Waals surface area contributed by atoms with Gasteiger partial charge in [0.1, 0.15) is 42.2 Å². The van der Waals surface area contributed by atoms with Crippen LogP contribution in [0.5, 0.6) is 0 Å². The molecule has 18 heteroatoms. The zero-order valence-corrected chi connectivity index (χ0v) is 25.8. The SMILES string of the molecule is NC[C@H]1O[C@H](OC2[C@@H](N)C[C@@H](NC(=O)C3(O)CC(N)C3)[C@H](O[C@H]3O[C@H](CO)[C@@H](O)[C@H](N)[C@H]3O)[C@H]2O)[C@H](NCC2CC(N)C2)C[C@@H]1O. The molecule has 0 aromatic heterocycles. The molecule has 46 heavy (non-hydrogen) atoms. The molecule has 0 aromatic rings. The summed E-state index contributed by atoms with van der Waals surface area (Å²) in [5.74, 6) is -0.369. The van der Waals surface area contributed by atoms with Crippen LogP contribution in [0.2, 0.25) is 0 Å². The zero-order chi connectivity index (χ0) is 33.5. The van der Waals surface area contributed by atoms with Gasteiger partial charge in [-0.15, -0.1) is 0 Å². The highest BCUT2D eigenvalue weighted by Crippen LogP contribution is 2.35. The van der Waals surface area contributed by atoms with E-state index in [-0.39, 0.29) is 44.3 Å². The van der Waals surface area contributed by atoms with Crippen LogP contribution < -0.4 is 39.3 Å². The lowest BCUT2D eigenvalue weighted by atomic mass is 9.75. The molecule has 2 aliphatic heterocycles. The number of hydrogen-bond acceptors (Lipinski definition) is 17. The van der Waals surface area contributed by atoms with Gasteiger partial charge in [0.05, 0.1) is 36.9 Å². The quantitative estimate of drug-likeness (QED) is 0.0976. The summed E-state index contributed by atoms with van der Waals surface area (Å²) in [6.07, 6.45) is -10.3. The van der Waals surface area contributed by atoms with Crippen LogP contribution in [0.15, 0.2) is 0 Å². The highest BCUT2D eigenvalue weighted by molar-refractivity contribution is 5.86. The minimum Gasteiger partial charge on any atom is -0.394 e. The van der Waals surface area contributed by atoms with Crippen LogP contribution in [-0.4, -0.2) is 160 Å². The average molecular weight is 664 g/mol. The van der Waals surface area contributed by atoms with E-state index in [9.17, 15) is 35.4 Å². The topological polar surface area (TPSA) is 330 Å². The summed E-state index contributed by atoms with van der Waals surface area (Å²) >= 11 is 0. The molecular formula is C28H53N7O11. The maximum atomic E-state index is 13.1. The number of nitrogens with one attached hydrogen (secondary N) is 2. The standard InChI is InChI=1S/C28H53N7O11/c29-7-17-16(37)4-15(34-8-10-1-11(30)2-10)25(43-17)45-23-13(32)3-14(35-27(41)28(42)5-12(31)6-28)24(22(23)40)46-26-21(39)19(33)20(38)18(9-36)44-26/h10-26,34,36-40,42H,1-9,29-33H2,(H,35,41)/t10?,11?,12?,13-,14+,15+,16-,17+,18+,19-,20+,21+,22-,23?,24-,25+,26+,28?/m0/s1. The van der Waals surface area contributed by atoms with Crippen molar-refractivity contribution in [2.75, 3.05) is 19.7 Å². The van der Waals surface area contributed by atoms with Gasteiger partial charge < -0.3 is 88.9 Å². The molecule has 18 N–H and O–H groups in total. The van der Waals surface area contributed by atoms with Crippen molar-refractivity contribution in [3.05, 3.63) is 0 Å². The van der Waals surface area contributed by atoms with Crippen molar-refractivity contribution in [2.45, 2.75) is 142 Å². The first kappa shape index (κ1) is 36.1. The molecule has 0 bridgehead atoms. The van der Waals surface area contributed by atoms with Gasteiger partial charge in [-0.05, 0) is 38.1 Å². The summed E-state index contributed by atoms with van der Waals surface area (Å²) in [7, 11) is 0. The van der Waals surface area contributed by atoms with E-state index in [1.54, 1.807) is 0 Å². The third-order valence-corrected chi connectivity index (χ3v) is 10.2. The first-order chi connectivity index (χ1) is 21.7. The summed E-state index contributed by atoms with van der Waals surface area (Å²) in [4.78, 5) is 13.1. The molecule has 18 nitrogen and oxygen atoms in total. The molecule has 0 aromatic carbocycles. The Hall–Kier alpha value is -1.17. The number of nitrogens with two attached hydrogens (primary N) is 5. The maximum absolute atomic E-state index is 13.1. The fraction of sp³-hybridized carbons (Fsp3) is 0.964. The fourth-order valence-electron chi connectivity index (χ4n) is 7.24. The largest absolute Gasteiger partial charge is 0.394 e. The van der Waals surface area contributed by atoms with Crippen LogP contribution in [0, 0.1) is 5.92 Å². The first-order valence-electron chi connectivity index (χ1n) is 16.2. The Kier molecular flexibility index (Phi) is 11.6. The van der Waals surface area contributed by atoms with Crippen LogP contribution >= 0.6 is 0 Å². The van der Waals surface area contributed by atoms with E-state index in [1.165, 1.54) is 0 Å². The molecule has 1 amide bonds. The second kappa shape index (κ2) is 14.8. The number of aliphatic hydroxyl groups is 6. The second-order valence-electron chi connectivity index (χ2n) is 13.8. The van der Waals surface area contributed by atoms with Crippen LogP contribution in [-0.2, 0) is 23.7 Å². The van der Waals surface area contributed by atoms with Crippen molar-refractivity contribution >= 4 is 5.91 Å². The lowest BCUT2D eigenvalue weighted by Gasteiger charge is -2.49. The van der Waals surface area contributed by atoms with Gasteiger partial charge >= 0.3 is 0 Å². The smallest absolute Gasteiger partial charge is 0.252 e. The van der Waals surface area contributed by atoms with Crippen LogP contribution in [0.4, 0.5) is 0 Å². The summed E-state index contributed by atoms with van der Waals surface area (Å²) in [5, 5.41) is 70.0. The van der Waals surface area contributed by atoms with Gasteiger partial charge in [0.2, 0.25) is 0 Å². The predicted molar refractivity (Wildman–Crippen MR) is 159 cm³/mol. The third kappa shape index (κ3) is 7.52. The summed E-state index contributed by atoms with van der Waals surface area (Å²) in [6, 6.07) is -3.83. The number of ether oxygens (including phenoxy) is 4. The van der Waals surface area contributed by atoms with E-state index >= 15 is 0 Å². The van der Waals surface area contributed by atoms with Gasteiger partial charge in [0.25, 0.3) is 5.91 Å². The normalized spacial score (nSPS) is 51.2. The van der Waals surface area contributed by atoms with E-state index in [2.05, 4.69) is 10.6 Å². The van der Waals surface area contributed by atoms with Crippen molar-refractivity contribution < 1.29 is 54.4 Å². The lowest BCUT2D eigenvalue weighted by molar-refractivity contribution is -0.316. The zero-order valence-electron chi connectivity index (χ0n) is 25.8. The van der Waals surface area contributed by atoms with Gasteiger partial charge in [0, 0.05) is 37.5 Å². The van der Waals surface area contributed by atoms with E-state index in [4.69, 9.17) is 47.6 Å².